The van der Waals surface area contributed by atoms with Gasteiger partial charge in [-0.3, -0.25) is 4.79 Å². The molecule has 4 nitrogen and oxygen atoms in total. The molecule has 0 unspecified atom stereocenters. The number of nitrogens with zero attached hydrogens (tertiary/aromatic N) is 1. The Hall–Kier alpha value is -0.310. The third kappa shape index (κ3) is 1.31. The first-order valence-corrected chi connectivity index (χ1v) is 2.47. The van der Waals surface area contributed by atoms with Gasteiger partial charge < -0.3 is 0 Å². The lowest BCUT2D eigenvalue weighted by atomic mass is 10.8. The van der Waals surface area contributed by atoms with Gasteiger partial charge in [0.25, 0.3) is 0 Å². The van der Waals surface area contributed by atoms with Gasteiger partial charge in [0.05, 0.1) is 0 Å². The Balaban J connectivity index is 2.51. The molecule has 0 saturated carbocycles. The van der Waals surface area contributed by atoms with Crippen LogP contribution in [-0.4, -0.2) is 12.1 Å². The smallest absolute Gasteiger partial charge is 0.231 e. The highest BCUT2D eigenvalue weighted by molar-refractivity contribution is 7.48. The molecule has 7 heavy (non-hydrogen) atoms. The van der Waals surface area contributed by atoms with E-state index in [1.807, 2.05) is 0 Å². The van der Waals surface area contributed by atoms with Gasteiger partial charge >= 0.3 is 0 Å². The maximum absolute atomic E-state index is 10.2. The second kappa shape index (κ2) is 2.12. The Morgan fingerprint density at radius 1 is 1.86 bits per heavy atom. The molecule has 0 aliphatic carbocycles. The fourth-order valence-corrected chi connectivity index (χ4v) is 0.473. The Labute approximate surface area is 41.2 Å². The van der Waals surface area contributed by atoms with Crippen molar-refractivity contribution in [2.75, 3.05) is 6.61 Å². The van der Waals surface area contributed by atoms with Crippen LogP contribution in [0.2, 0.25) is 0 Å². The van der Waals surface area contributed by atoms with Crippen molar-refractivity contribution in [2.45, 2.75) is 0 Å². The molecule has 0 N–H and O–H groups in total. The Morgan fingerprint density at radius 3 is 3.00 bits per heavy atom. The van der Waals surface area contributed by atoms with Crippen molar-refractivity contribution in [3.8, 4) is 0 Å². The summed E-state index contributed by atoms with van der Waals surface area (Å²) in [6.07, 6.45) is 0. The molecule has 1 aliphatic rings. The van der Waals surface area contributed by atoms with Crippen molar-refractivity contribution in [3.05, 3.63) is 0 Å². The fourth-order valence-electron chi connectivity index (χ4n) is 0.191. The van der Waals surface area contributed by atoms with Gasteiger partial charge in [-0.2, -0.15) is 0 Å². The largest absolute Gasteiger partial charge is 0.285 e. The highest BCUT2D eigenvalue weighted by Crippen LogP contribution is 2.07. The maximum atomic E-state index is 10.2. The Morgan fingerprint density at radius 2 is 2.71 bits per heavy atom. The molecule has 0 spiro atoms. The fraction of sp³-hybridized carbons (Fsp3) is 0.500. The van der Waals surface area contributed by atoms with Crippen LogP contribution in [0.15, 0.2) is 4.91 Å². The van der Waals surface area contributed by atoms with Crippen molar-refractivity contribution in [2.24, 2.45) is 4.91 Å². The van der Waals surface area contributed by atoms with E-state index in [4.69, 9.17) is 0 Å². The third-order valence-corrected chi connectivity index (χ3v) is 0.921. The van der Waals surface area contributed by atoms with E-state index < -0.39 is 0 Å². The summed E-state index contributed by atoms with van der Waals surface area (Å²) < 4.78 is 0. The quantitative estimate of drug-likeness (QED) is 0.345. The van der Waals surface area contributed by atoms with Crippen LogP contribution in [-0.2, 0) is 14.7 Å². The predicted octanol–water partition coefficient (Wildman–Crippen LogP) is 0.520. The number of hydrogen-bond donors (Lipinski definition) is 0. The molecule has 0 bridgehead atoms. The standard InChI is InChI=1S/C2H2NO3P/c4-2-1-5-6-3-7-2/h1H2. The highest BCUT2D eigenvalue weighted by Gasteiger charge is 2.03. The van der Waals surface area contributed by atoms with E-state index in [2.05, 4.69) is 14.8 Å². The molecule has 1 heterocycles. The van der Waals surface area contributed by atoms with E-state index in [0.29, 0.717) is 8.37 Å². The van der Waals surface area contributed by atoms with Crippen LogP contribution in [0.4, 0.5) is 0 Å². The van der Waals surface area contributed by atoms with Crippen LogP contribution in [0.3, 0.4) is 0 Å². The predicted molar refractivity (Wildman–Crippen MR) is 21.4 cm³/mol. The first-order valence-electron chi connectivity index (χ1n) is 1.62. The van der Waals surface area contributed by atoms with E-state index in [-0.39, 0.29) is 12.1 Å². The van der Waals surface area contributed by atoms with Gasteiger partial charge in [-0.15, -0.1) is 0 Å². The SMILES string of the molecule is O=C1COON=P1. The number of rotatable bonds is 0. The average Bonchev–Trinajstić information content (AvgIpc) is 1.69. The van der Waals surface area contributed by atoms with E-state index in [9.17, 15) is 4.79 Å². The molecule has 0 aromatic heterocycles. The van der Waals surface area contributed by atoms with E-state index in [0.717, 1.165) is 0 Å². The second-order valence-corrected chi connectivity index (χ2v) is 1.77. The van der Waals surface area contributed by atoms with Crippen LogP contribution < -0.4 is 0 Å². The molecule has 0 radical (unpaired) electrons. The molecule has 0 fully saturated rings. The van der Waals surface area contributed by atoms with Gasteiger partial charge in [0.15, 0.2) is 6.61 Å². The summed E-state index contributed by atoms with van der Waals surface area (Å²) in [6.45, 7) is 0.0189. The summed E-state index contributed by atoms with van der Waals surface area (Å²) in [4.78, 5) is 21.5. The minimum Gasteiger partial charge on any atom is -0.285 e. The van der Waals surface area contributed by atoms with Crippen LogP contribution in [0.5, 0.6) is 0 Å². The molecule has 38 valence electrons. The first-order chi connectivity index (χ1) is 3.39. The van der Waals surface area contributed by atoms with Crippen LogP contribution >= 0.6 is 8.37 Å². The zero-order valence-corrected chi connectivity index (χ0v) is 4.22. The number of carbonyl (C=O) groups is 1. The molecule has 5 heteroatoms. The molecule has 0 saturated heterocycles. The van der Waals surface area contributed by atoms with Crippen molar-refractivity contribution in [1.29, 1.82) is 0 Å². The van der Waals surface area contributed by atoms with Crippen LogP contribution in [0, 0.1) is 0 Å². The Kier molecular flexibility index (Phi) is 1.46. The first kappa shape index (κ1) is 4.84. The van der Waals surface area contributed by atoms with Gasteiger partial charge in [-0.1, -0.05) is 9.90 Å². The zero-order valence-electron chi connectivity index (χ0n) is 3.33. The summed E-state index contributed by atoms with van der Waals surface area (Å²) in [5, 5.41) is 0. The minimum atomic E-state index is -0.0775. The van der Waals surface area contributed by atoms with Gasteiger partial charge in [0.2, 0.25) is 5.52 Å². The van der Waals surface area contributed by atoms with Crippen LogP contribution in [0.25, 0.3) is 0 Å². The highest BCUT2D eigenvalue weighted by atomic mass is 31.1. The summed E-state index contributed by atoms with van der Waals surface area (Å²) in [5.41, 5.74) is -0.0775. The topological polar surface area (TPSA) is 47.9 Å². The lowest BCUT2D eigenvalue weighted by Gasteiger charge is -1.96. The van der Waals surface area contributed by atoms with Gasteiger partial charge in [-0.05, 0) is 0 Å². The number of carbonyl (C=O) groups excluding carboxylic acids is 1. The van der Waals surface area contributed by atoms with E-state index in [1.54, 1.807) is 0 Å². The van der Waals surface area contributed by atoms with Gasteiger partial charge in [0.1, 0.15) is 8.37 Å². The molecule has 0 atom stereocenters. The van der Waals surface area contributed by atoms with E-state index >= 15 is 0 Å². The normalized spacial score (nSPS) is 22.6. The molecular formula is C2H2NO3P. The van der Waals surface area contributed by atoms with Crippen molar-refractivity contribution in [1.82, 2.24) is 0 Å². The zero-order chi connectivity index (χ0) is 5.11. The maximum Gasteiger partial charge on any atom is 0.231 e. The molecular weight excluding hydrogens is 117 g/mol. The summed E-state index contributed by atoms with van der Waals surface area (Å²) >= 11 is 0. The summed E-state index contributed by atoms with van der Waals surface area (Å²) in [7, 11) is 0.336. The Bertz CT molecular complexity index is 112. The molecule has 1 rings (SSSR count). The van der Waals surface area contributed by atoms with E-state index in [1.165, 1.54) is 0 Å². The average molecular weight is 119 g/mol. The lowest BCUT2D eigenvalue weighted by Crippen LogP contribution is -2.03. The molecule has 1 aliphatic heterocycles. The van der Waals surface area contributed by atoms with Crippen molar-refractivity contribution in [3.63, 3.8) is 0 Å². The minimum absolute atomic E-state index is 0.0189. The summed E-state index contributed by atoms with van der Waals surface area (Å²) in [6, 6.07) is 0. The lowest BCUT2D eigenvalue weighted by molar-refractivity contribution is -0.289. The molecule has 0 aromatic rings. The summed E-state index contributed by atoms with van der Waals surface area (Å²) in [5.74, 6) is 0. The molecule has 0 amide bonds. The van der Waals surface area contributed by atoms with Gasteiger partial charge in [-0.25, -0.2) is 4.89 Å². The van der Waals surface area contributed by atoms with Crippen LogP contribution in [0.1, 0.15) is 0 Å². The van der Waals surface area contributed by atoms with Crippen molar-refractivity contribution < 1.29 is 14.7 Å². The second-order valence-electron chi connectivity index (χ2n) is 0.912. The number of hydrogen-bond acceptors (Lipinski definition) is 4. The molecule has 0 aromatic carbocycles. The van der Waals surface area contributed by atoms with Gasteiger partial charge in [0, 0.05) is 0 Å². The van der Waals surface area contributed by atoms with Crippen molar-refractivity contribution >= 4 is 13.9 Å². The monoisotopic (exact) mass is 119 g/mol. The third-order valence-electron chi connectivity index (χ3n) is 0.421.